The topological polar surface area (TPSA) is 164 Å². The molecule has 1 N–H and O–H groups in total. The van der Waals surface area contributed by atoms with E-state index in [2.05, 4.69) is 26.2 Å². The van der Waals surface area contributed by atoms with E-state index < -0.39 is 34.2 Å². The van der Waals surface area contributed by atoms with Crippen LogP contribution in [0.4, 0.5) is 10.5 Å². The molecule has 1 atom stereocenters. The molecule has 0 bridgehead atoms. The predicted molar refractivity (Wildman–Crippen MR) is 134 cm³/mol. The first kappa shape index (κ1) is 25.8. The van der Waals surface area contributed by atoms with Crippen LogP contribution >= 0.6 is 15.9 Å². The van der Waals surface area contributed by atoms with E-state index in [1.165, 1.54) is 53.4 Å². The molecule has 0 spiro atoms. The Morgan fingerprint density at radius 3 is 2.57 bits per heavy atom. The number of amides is 2. The van der Waals surface area contributed by atoms with Gasteiger partial charge in [-0.3, -0.25) is 28.9 Å². The number of nitro groups is 1. The largest absolute Gasteiger partial charge is 0.463 e. The van der Waals surface area contributed by atoms with Gasteiger partial charge < -0.3 is 14.6 Å². The summed E-state index contributed by atoms with van der Waals surface area (Å²) in [6, 6.07) is 3.91. The van der Waals surface area contributed by atoms with Gasteiger partial charge in [0.25, 0.3) is 11.2 Å². The van der Waals surface area contributed by atoms with Crippen LogP contribution in [0.2, 0.25) is 0 Å². The summed E-state index contributed by atoms with van der Waals surface area (Å²) in [5, 5.41) is 14.0. The number of rotatable bonds is 6. The normalized spacial score (nSPS) is 15.8. The van der Waals surface area contributed by atoms with E-state index in [0.29, 0.717) is 5.56 Å². The molecule has 1 aromatic carbocycles. The van der Waals surface area contributed by atoms with Gasteiger partial charge in [-0.15, -0.1) is 0 Å². The molecule has 1 aliphatic rings. The first-order chi connectivity index (χ1) is 17.5. The van der Waals surface area contributed by atoms with Crippen LogP contribution in [0.25, 0.3) is 11.2 Å². The molecule has 0 radical (unpaired) electrons. The lowest BCUT2D eigenvalue weighted by molar-refractivity contribution is -0.384. The molecule has 194 valence electrons. The molecule has 2 aromatic heterocycles. The van der Waals surface area contributed by atoms with E-state index >= 15 is 0 Å². The highest BCUT2D eigenvalue weighted by atomic mass is 79.9. The maximum atomic E-state index is 13.2. The van der Waals surface area contributed by atoms with Crippen molar-refractivity contribution in [2.45, 2.75) is 19.5 Å². The number of ether oxygens (including phenoxy) is 1. The molecule has 0 aliphatic carbocycles. The molecule has 15 heteroatoms. The number of esters is 1. The number of urea groups is 1. The minimum absolute atomic E-state index is 0.0276. The van der Waals surface area contributed by atoms with Crippen molar-refractivity contribution in [2.75, 3.05) is 13.7 Å². The Balaban J connectivity index is 1.99. The van der Waals surface area contributed by atoms with E-state index in [4.69, 9.17) is 4.74 Å². The first-order valence-corrected chi connectivity index (χ1v) is 11.8. The Morgan fingerprint density at radius 1 is 1.22 bits per heavy atom. The molecule has 14 nitrogen and oxygen atoms in total. The molecule has 1 aliphatic heterocycles. The minimum Gasteiger partial charge on any atom is -0.463 e. The van der Waals surface area contributed by atoms with Gasteiger partial charge in [-0.1, -0.05) is 12.1 Å². The smallest absolute Gasteiger partial charge is 0.338 e. The zero-order chi connectivity index (χ0) is 27.2. The molecule has 0 saturated carbocycles. The van der Waals surface area contributed by atoms with E-state index in [9.17, 15) is 29.3 Å². The van der Waals surface area contributed by atoms with Crippen molar-refractivity contribution in [1.82, 2.24) is 28.9 Å². The standard InChI is InChI=1S/C22H22BrN7O7/c1-5-37-19(32)14-13(10-29-16-17(25-20(29)23)27(3)22(34)28(4)18(16)31)26(2)21(33)24-15(14)11-7-6-8-12(9-11)30(35)36/h6-9,15H,5,10H2,1-4H3,(H,24,33)/t15-/m1/s1. The Kier molecular flexibility index (Phi) is 6.73. The summed E-state index contributed by atoms with van der Waals surface area (Å²) in [7, 11) is 4.24. The summed E-state index contributed by atoms with van der Waals surface area (Å²) in [5.74, 6) is -0.748. The van der Waals surface area contributed by atoms with Gasteiger partial charge in [0.15, 0.2) is 15.9 Å². The number of imidazole rings is 1. The average molecular weight is 576 g/mol. The number of non-ortho nitro benzene ring substituents is 1. The van der Waals surface area contributed by atoms with E-state index in [1.54, 1.807) is 13.0 Å². The maximum Gasteiger partial charge on any atom is 0.338 e. The number of benzene rings is 1. The van der Waals surface area contributed by atoms with Gasteiger partial charge in [0, 0.05) is 33.3 Å². The van der Waals surface area contributed by atoms with Crippen molar-refractivity contribution in [3.8, 4) is 0 Å². The van der Waals surface area contributed by atoms with E-state index in [-0.39, 0.29) is 46.0 Å². The molecular weight excluding hydrogens is 554 g/mol. The number of hydrogen-bond donors (Lipinski definition) is 1. The zero-order valence-corrected chi connectivity index (χ0v) is 21.8. The van der Waals surface area contributed by atoms with Gasteiger partial charge >= 0.3 is 17.7 Å². The summed E-state index contributed by atoms with van der Waals surface area (Å²) in [5.41, 5.74) is -0.731. The molecule has 4 rings (SSSR count). The van der Waals surface area contributed by atoms with Crippen molar-refractivity contribution in [3.05, 3.63) is 76.8 Å². The number of hydrogen-bond acceptors (Lipinski definition) is 8. The first-order valence-electron chi connectivity index (χ1n) is 11.0. The lowest BCUT2D eigenvalue weighted by Crippen LogP contribution is -2.47. The van der Waals surface area contributed by atoms with Crippen molar-refractivity contribution >= 4 is 44.8 Å². The second kappa shape index (κ2) is 9.65. The van der Waals surface area contributed by atoms with Gasteiger partial charge in [0.1, 0.15) is 0 Å². The minimum atomic E-state index is -1.07. The molecule has 37 heavy (non-hydrogen) atoms. The number of likely N-dealkylation sites (N-methyl/N-ethyl adjacent to an activating group) is 1. The fourth-order valence-corrected chi connectivity index (χ4v) is 4.65. The molecule has 3 aromatic rings. The highest BCUT2D eigenvalue weighted by Gasteiger charge is 2.38. The third kappa shape index (κ3) is 4.30. The summed E-state index contributed by atoms with van der Waals surface area (Å²) in [6.07, 6.45) is 0. The number of carbonyl (C=O) groups is 2. The van der Waals surface area contributed by atoms with E-state index in [0.717, 1.165) is 4.57 Å². The Labute approximate surface area is 217 Å². The fourth-order valence-electron chi connectivity index (χ4n) is 4.18. The number of aromatic nitrogens is 4. The zero-order valence-electron chi connectivity index (χ0n) is 20.2. The summed E-state index contributed by atoms with van der Waals surface area (Å²) < 4.78 is 9.04. The average Bonchev–Trinajstić information content (AvgIpc) is 3.20. The monoisotopic (exact) mass is 575 g/mol. The second-order valence-corrected chi connectivity index (χ2v) is 8.93. The van der Waals surface area contributed by atoms with Gasteiger partial charge in [-0.25, -0.2) is 19.4 Å². The Bertz CT molecular complexity index is 1620. The van der Waals surface area contributed by atoms with E-state index in [1.807, 2.05) is 0 Å². The molecule has 0 fully saturated rings. The number of fused-ring (bicyclic) bond motifs is 1. The van der Waals surface area contributed by atoms with Gasteiger partial charge in [0.05, 0.1) is 35.4 Å². The third-order valence-electron chi connectivity index (χ3n) is 6.10. The number of nitrogens with one attached hydrogen (secondary N) is 1. The lowest BCUT2D eigenvalue weighted by atomic mass is 9.94. The van der Waals surface area contributed by atoms with Crippen molar-refractivity contribution < 1.29 is 19.2 Å². The number of nitro benzene ring substituents is 1. The van der Waals surface area contributed by atoms with Crippen LogP contribution in [0.5, 0.6) is 0 Å². The number of nitrogens with zero attached hydrogens (tertiary/aromatic N) is 6. The molecule has 0 saturated heterocycles. The van der Waals surface area contributed by atoms with Crippen LogP contribution in [-0.4, -0.2) is 54.2 Å². The Morgan fingerprint density at radius 2 is 1.92 bits per heavy atom. The van der Waals surface area contributed by atoms with Gasteiger partial charge in [-0.2, -0.15) is 0 Å². The maximum absolute atomic E-state index is 13.2. The highest BCUT2D eigenvalue weighted by Crippen LogP contribution is 2.34. The molecule has 0 unspecified atom stereocenters. The van der Waals surface area contributed by atoms with Crippen molar-refractivity contribution in [3.63, 3.8) is 0 Å². The van der Waals surface area contributed by atoms with Crippen LogP contribution in [0.1, 0.15) is 18.5 Å². The Hall–Kier alpha value is -4.27. The van der Waals surface area contributed by atoms with Crippen LogP contribution in [0.15, 0.2) is 49.9 Å². The summed E-state index contributed by atoms with van der Waals surface area (Å²) in [6.45, 7) is 1.47. The van der Waals surface area contributed by atoms with Gasteiger partial charge in [-0.05, 0) is 28.4 Å². The summed E-state index contributed by atoms with van der Waals surface area (Å²) in [4.78, 5) is 67.9. The molecular formula is C22H22BrN7O7. The van der Waals surface area contributed by atoms with Crippen LogP contribution in [0.3, 0.4) is 0 Å². The molecule has 2 amide bonds. The third-order valence-corrected chi connectivity index (χ3v) is 6.70. The number of halogens is 1. The number of aryl methyl sites for hydroxylation is 1. The van der Waals surface area contributed by atoms with Gasteiger partial charge in [0.2, 0.25) is 0 Å². The van der Waals surface area contributed by atoms with Crippen molar-refractivity contribution in [1.29, 1.82) is 0 Å². The van der Waals surface area contributed by atoms with Crippen LogP contribution in [-0.2, 0) is 30.2 Å². The number of allylic oxidation sites excluding steroid dienone is 1. The summed E-state index contributed by atoms with van der Waals surface area (Å²) >= 11 is 3.32. The fraction of sp³-hybridized carbons (Fsp3) is 0.318. The molecule has 3 heterocycles. The van der Waals surface area contributed by atoms with Crippen LogP contribution in [0, 0.1) is 10.1 Å². The quantitative estimate of drug-likeness (QED) is 0.199. The van der Waals surface area contributed by atoms with Crippen LogP contribution < -0.4 is 16.6 Å². The van der Waals surface area contributed by atoms with Crippen molar-refractivity contribution in [2.24, 2.45) is 14.1 Å². The lowest BCUT2D eigenvalue weighted by Gasteiger charge is -2.34. The predicted octanol–water partition coefficient (Wildman–Crippen LogP) is 1.32. The highest BCUT2D eigenvalue weighted by molar-refractivity contribution is 9.10. The second-order valence-electron chi connectivity index (χ2n) is 8.22. The SMILES string of the molecule is CCOC(=O)C1=C(Cn2c(Br)nc3c2c(=O)n(C)c(=O)n3C)N(C)C(=O)N[C@@H]1c1cccc([N+](=O)[O-])c1. The number of carbonyl (C=O) groups excluding carboxylic acids is 2.